The predicted octanol–water partition coefficient (Wildman–Crippen LogP) is 3.26. The van der Waals surface area contributed by atoms with Gasteiger partial charge in [-0.2, -0.15) is 0 Å². The number of likely N-dealkylation sites (tertiary alicyclic amines) is 1. The maximum absolute atomic E-state index is 5.77. The fourth-order valence-corrected chi connectivity index (χ4v) is 4.85. The molecule has 170 valence electrons. The first-order chi connectivity index (χ1) is 13.8. The Balaban J connectivity index is 0.00000300. The van der Waals surface area contributed by atoms with Gasteiger partial charge in [0.05, 0.1) is 13.2 Å². The molecular formula is C22H43IN4O2. The van der Waals surface area contributed by atoms with Crippen molar-refractivity contribution in [2.45, 2.75) is 63.8 Å². The lowest BCUT2D eigenvalue weighted by atomic mass is 9.89. The largest absolute Gasteiger partial charge is 0.381 e. The molecule has 2 heterocycles. The third kappa shape index (κ3) is 9.27. The summed E-state index contributed by atoms with van der Waals surface area (Å²) in [6, 6.07) is 0.664. The molecule has 0 radical (unpaired) electrons. The maximum Gasteiger partial charge on any atom is 0.191 e. The van der Waals surface area contributed by atoms with Crippen molar-refractivity contribution in [1.82, 2.24) is 15.5 Å². The standard InChI is InChI=1S/C22H42N4O2.HI/c1-23-22(24-11-6-13-27-17-20-10-14-28-18-20)25-15-21-9-5-12-26(21)16-19-7-3-2-4-8-19;/h19-21H,2-18H2,1H3,(H2,23,24,25);1H. The number of guanidine groups is 1. The van der Waals surface area contributed by atoms with Gasteiger partial charge in [-0.25, -0.2) is 0 Å². The fraction of sp³-hybridized carbons (Fsp3) is 0.955. The molecule has 0 amide bonds. The summed E-state index contributed by atoms with van der Waals surface area (Å²) in [7, 11) is 1.86. The van der Waals surface area contributed by atoms with Crippen LogP contribution < -0.4 is 10.6 Å². The van der Waals surface area contributed by atoms with Crippen molar-refractivity contribution >= 4 is 29.9 Å². The number of hydrogen-bond acceptors (Lipinski definition) is 4. The molecular weight excluding hydrogens is 479 g/mol. The van der Waals surface area contributed by atoms with Gasteiger partial charge in [0.15, 0.2) is 5.96 Å². The Kier molecular flexibility index (Phi) is 12.8. The first-order valence-corrected chi connectivity index (χ1v) is 11.7. The van der Waals surface area contributed by atoms with Crippen molar-refractivity contribution < 1.29 is 9.47 Å². The monoisotopic (exact) mass is 522 g/mol. The van der Waals surface area contributed by atoms with Gasteiger partial charge < -0.3 is 20.1 Å². The van der Waals surface area contributed by atoms with E-state index in [4.69, 9.17) is 9.47 Å². The lowest BCUT2D eigenvalue weighted by Crippen LogP contribution is -2.46. The fourth-order valence-electron chi connectivity index (χ4n) is 4.85. The molecule has 3 fully saturated rings. The third-order valence-electron chi connectivity index (χ3n) is 6.58. The number of nitrogens with one attached hydrogen (secondary N) is 2. The van der Waals surface area contributed by atoms with Crippen LogP contribution in [0.3, 0.4) is 0 Å². The smallest absolute Gasteiger partial charge is 0.191 e. The van der Waals surface area contributed by atoms with Crippen LogP contribution in [0.4, 0.5) is 0 Å². The quantitative estimate of drug-likeness (QED) is 0.200. The van der Waals surface area contributed by atoms with E-state index in [1.807, 2.05) is 7.05 Å². The van der Waals surface area contributed by atoms with Gasteiger partial charge in [0.25, 0.3) is 0 Å². The summed E-state index contributed by atoms with van der Waals surface area (Å²) in [6.07, 6.45) is 12.0. The normalized spacial score (nSPS) is 26.4. The third-order valence-corrected chi connectivity index (χ3v) is 6.58. The Morgan fingerprint density at radius 1 is 1.07 bits per heavy atom. The minimum atomic E-state index is 0. The minimum absolute atomic E-state index is 0. The van der Waals surface area contributed by atoms with Crippen LogP contribution in [0.5, 0.6) is 0 Å². The van der Waals surface area contributed by atoms with Gasteiger partial charge in [-0.15, -0.1) is 24.0 Å². The molecule has 2 atom stereocenters. The molecule has 0 aromatic rings. The molecule has 3 rings (SSSR count). The number of aliphatic imine (C=N–C) groups is 1. The van der Waals surface area contributed by atoms with Gasteiger partial charge in [0.2, 0.25) is 0 Å². The average molecular weight is 523 g/mol. The highest BCUT2D eigenvalue weighted by Gasteiger charge is 2.27. The van der Waals surface area contributed by atoms with E-state index >= 15 is 0 Å². The van der Waals surface area contributed by atoms with E-state index in [-0.39, 0.29) is 24.0 Å². The van der Waals surface area contributed by atoms with Crippen LogP contribution in [0.15, 0.2) is 4.99 Å². The lowest BCUT2D eigenvalue weighted by Gasteiger charge is -2.31. The van der Waals surface area contributed by atoms with Gasteiger partial charge in [-0.05, 0) is 51.0 Å². The van der Waals surface area contributed by atoms with Gasteiger partial charge in [0.1, 0.15) is 0 Å². The summed E-state index contributed by atoms with van der Waals surface area (Å²) in [5.74, 6) is 2.46. The second kappa shape index (κ2) is 14.8. The Bertz CT molecular complexity index is 454. The molecule has 0 bridgehead atoms. The summed E-state index contributed by atoms with van der Waals surface area (Å²) in [4.78, 5) is 7.12. The second-order valence-electron chi connectivity index (χ2n) is 8.83. The Labute approximate surface area is 195 Å². The van der Waals surface area contributed by atoms with Crippen LogP contribution in [0.1, 0.15) is 57.8 Å². The molecule has 6 nitrogen and oxygen atoms in total. The van der Waals surface area contributed by atoms with Crippen LogP contribution in [0, 0.1) is 11.8 Å². The first kappa shape index (κ1) is 25.1. The van der Waals surface area contributed by atoms with Crippen molar-refractivity contribution in [3.63, 3.8) is 0 Å². The van der Waals surface area contributed by atoms with Crippen LogP contribution >= 0.6 is 24.0 Å². The van der Waals surface area contributed by atoms with Crippen LogP contribution in [-0.2, 0) is 9.47 Å². The highest BCUT2D eigenvalue weighted by molar-refractivity contribution is 14.0. The van der Waals surface area contributed by atoms with Crippen molar-refractivity contribution in [3.8, 4) is 0 Å². The summed E-state index contributed by atoms with van der Waals surface area (Å²) in [5, 5.41) is 6.99. The predicted molar refractivity (Wildman–Crippen MR) is 130 cm³/mol. The van der Waals surface area contributed by atoms with Crippen LogP contribution in [0.25, 0.3) is 0 Å². The zero-order valence-electron chi connectivity index (χ0n) is 18.4. The molecule has 29 heavy (non-hydrogen) atoms. The van der Waals surface area contributed by atoms with Gasteiger partial charge in [0, 0.05) is 51.9 Å². The van der Waals surface area contributed by atoms with Crippen LogP contribution in [-0.4, -0.2) is 76.6 Å². The summed E-state index contributed by atoms with van der Waals surface area (Å²) >= 11 is 0. The van der Waals surface area contributed by atoms with E-state index in [1.54, 1.807) is 0 Å². The van der Waals surface area contributed by atoms with E-state index < -0.39 is 0 Å². The SMILES string of the molecule is CN=C(NCCCOCC1CCOC1)NCC1CCCN1CC1CCCCC1.I. The van der Waals surface area contributed by atoms with E-state index in [9.17, 15) is 0 Å². The second-order valence-corrected chi connectivity index (χ2v) is 8.83. The summed E-state index contributed by atoms with van der Waals surface area (Å²) in [6.45, 7) is 7.90. The van der Waals surface area contributed by atoms with Gasteiger partial charge >= 0.3 is 0 Å². The Hall–Kier alpha value is -0.120. The molecule has 0 aromatic carbocycles. The molecule has 2 N–H and O–H groups in total. The number of halogens is 1. The Morgan fingerprint density at radius 3 is 2.69 bits per heavy atom. The van der Waals surface area contributed by atoms with Crippen molar-refractivity contribution in [1.29, 1.82) is 0 Å². The van der Waals surface area contributed by atoms with Crippen molar-refractivity contribution in [2.75, 3.05) is 59.7 Å². The highest BCUT2D eigenvalue weighted by atomic mass is 127. The summed E-state index contributed by atoms with van der Waals surface area (Å²) < 4.78 is 11.2. The number of ether oxygens (including phenoxy) is 2. The van der Waals surface area contributed by atoms with E-state index in [0.29, 0.717) is 12.0 Å². The average Bonchev–Trinajstić information content (AvgIpc) is 3.40. The maximum atomic E-state index is 5.77. The van der Waals surface area contributed by atoms with Gasteiger partial charge in [-0.3, -0.25) is 9.89 Å². The zero-order valence-corrected chi connectivity index (χ0v) is 20.7. The lowest BCUT2D eigenvalue weighted by molar-refractivity contribution is 0.0888. The molecule has 2 saturated heterocycles. The number of nitrogens with zero attached hydrogens (tertiary/aromatic N) is 2. The molecule has 1 saturated carbocycles. The molecule has 1 aliphatic carbocycles. The van der Waals surface area contributed by atoms with Crippen molar-refractivity contribution in [2.24, 2.45) is 16.8 Å². The topological polar surface area (TPSA) is 58.1 Å². The first-order valence-electron chi connectivity index (χ1n) is 11.7. The number of rotatable bonds is 10. The molecule has 2 aliphatic heterocycles. The Morgan fingerprint density at radius 2 is 1.93 bits per heavy atom. The van der Waals surface area contributed by atoms with Crippen LogP contribution in [0.2, 0.25) is 0 Å². The molecule has 2 unspecified atom stereocenters. The van der Waals surface area contributed by atoms with E-state index in [0.717, 1.165) is 64.2 Å². The van der Waals surface area contributed by atoms with Crippen molar-refractivity contribution in [3.05, 3.63) is 0 Å². The van der Waals surface area contributed by atoms with E-state index in [2.05, 4.69) is 20.5 Å². The molecule has 3 aliphatic rings. The molecule has 7 heteroatoms. The zero-order chi connectivity index (χ0) is 19.4. The summed E-state index contributed by atoms with van der Waals surface area (Å²) in [5.41, 5.74) is 0. The number of hydrogen-bond donors (Lipinski definition) is 2. The van der Waals surface area contributed by atoms with Gasteiger partial charge in [-0.1, -0.05) is 19.3 Å². The molecule has 0 spiro atoms. The highest BCUT2D eigenvalue weighted by Crippen LogP contribution is 2.27. The molecule has 0 aromatic heterocycles. The minimum Gasteiger partial charge on any atom is -0.381 e. The van der Waals surface area contributed by atoms with E-state index in [1.165, 1.54) is 58.0 Å².